The minimum absolute atomic E-state index is 0.0261. The number of aromatic nitrogens is 2. The number of nitrogens with zero attached hydrogens (tertiary/aromatic N) is 2. The van der Waals surface area contributed by atoms with Gasteiger partial charge in [0.25, 0.3) is 5.91 Å². The van der Waals surface area contributed by atoms with Gasteiger partial charge >= 0.3 is 6.18 Å². The largest absolute Gasteiger partial charge is 0.497 e. The third-order valence-electron chi connectivity index (χ3n) is 5.59. The zero-order valence-corrected chi connectivity index (χ0v) is 19.4. The third kappa shape index (κ3) is 5.65. The standard InChI is InChI=1S/C23H23F3N6O2S/c1-34-16-9-7-15(8-10-16)18-11-19(23(24,25)26)32-20(29-18)17(13-28-32)21(33)30-31-22(35)27-12-14-5-3-2-4-6-14/h2-10,13,18-19,29H,11-12H2,1H3,(H,30,33)(H2,27,31,35)/t18-,19-/m1/s1. The number of methoxy groups -OCH3 is 1. The maximum Gasteiger partial charge on any atom is 0.410 e. The van der Waals surface area contributed by atoms with Crippen molar-refractivity contribution in [1.82, 2.24) is 25.9 Å². The lowest BCUT2D eigenvalue weighted by molar-refractivity contribution is -0.173. The summed E-state index contributed by atoms with van der Waals surface area (Å²) >= 11 is 5.16. The van der Waals surface area contributed by atoms with Crippen molar-refractivity contribution in [2.24, 2.45) is 0 Å². The fraction of sp³-hybridized carbons (Fsp3) is 0.261. The van der Waals surface area contributed by atoms with Crippen molar-refractivity contribution in [3.8, 4) is 5.75 Å². The second kappa shape index (κ2) is 10.2. The van der Waals surface area contributed by atoms with Crippen LogP contribution in [0.1, 0.15) is 40.0 Å². The van der Waals surface area contributed by atoms with Crippen LogP contribution in [0.25, 0.3) is 0 Å². The summed E-state index contributed by atoms with van der Waals surface area (Å²) in [6.07, 6.45) is -3.73. The fourth-order valence-electron chi connectivity index (χ4n) is 3.79. The molecule has 0 saturated carbocycles. The molecule has 2 heterocycles. The van der Waals surface area contributed by atoms with E-state index in [1.165, 1.54) is 7.11 Å². The lowest BCUT2D eigenvalue weighted by atomic mass is 9.96. The first kappa shape index (κ1) is 24.3. The molecule has 2 atom stereocenters. The van der Waals surface area contributed by atoms with Crippen LogP contribution in [0.4, 0.5) is 19.0 Å². The van der Waals surface area contributed by atoms with Crippen molar-refractivity contribution in [1.29, 1.82) is 0 Å². The number of carbonyl (C=O) groups is 1. The Morgan fingerprint density at radius 1 is 1.17 bits per heavy atom. The molecule has 1 aromatic heterocycles. The molecule has 35 heavy (non-hydrogen) atoms. The molecule has 4 N–H and O–H groups in total. The second-order valence-corrected chi connectivity index (χ2v) is 8.27. The Morgan fingerprint density at radius 2 is 1.89 bits per heavy atom. The molecular weight excluding hydrogens is 481 g/mol. The van der Waals surface area contributed by atoms with Gasteiger partial charge in [0.2, 0.25) is 0 Å². The minimum Gasteiger partial charge on any atom is -0.497 e. The monoisotopic (exact) mass is 504 g/mol. The Bertz CT molecular complexity index is 1180. The molecule has 0 saturated heterocycles. The Kier molecular flexibility index (Phi) is 7.10. The van der Waals surface area contributed by atoms with E-state index in [1.807, 2.05) is 30.3 Å². The summed E-state index contributed by atoms with van der Waals surface area (Å²) in [4.78, 5) is 12.8. The summed E-state index contributed by atoms with van der Waals surface area (Å²) in [6.45, 7) is 0.435. The van der Waals surface area contributed by atoms with Gasteiger partial charge in [0, 0.05) is 13.0 Å². The van der Waals surface area contributed by atoms with Crippen LogP contribution < -0.4 is 26.2 Å². The minimum atomic E-state index is -4.55. The summed E-state index contributed by atoms with van der Waals surface area (Å²) in [5, 5.41) is 9.99. The average Bonchev–Trinajstić information content (AvgIpc) is 3.29. The molecule has 0 aliphatic carbocycles. The topological polar surface area (TPSA) is 92.2 Å². The number of nitrogens with one attached hydrogen (secondary N) is 4. The maximum atomic E-state index is 13.9. The maximum absolute atomic E-state index is 13.9. The SMILES string of the molecule is COc1ccc([C@H]2C[C@H](C(F)(F)F)n3ncc(C(=O)NNC(=S)NCc4ccccc4)c3N2)cc1. The van der Waals surface area contributed by atoms with Gasteiger partial charge in [-0.05, 0) is 35.5 Å². The lowest BCUT2D eigenvalue weighted by Gasteiger charge is -2.34. The quantitative estimate of drug-likeness (QED) is 0.310. The predicted molar refractivity (Wildman–Crippen MR) is 128 cm³/mol. The highest BCUT2D eigenvalue weighted by Crippen LogP contribution is 2.44. The van der Waals surface area contributed by atoms with Crippen molar-refractivity contribution in [3.05, 3.63) is 77.5 Å². The molecule has 1 amide bonds. The Morgan fingerprint density at radius 3 is 2.54 bits per heavy atom. The molecule has 0 unspecified atom stereocenters. The second-order valence-electron chi connectivity index (χ2n) is 7.86. The number of rotatable bonds is 5. The third-order valence-corrected chi connectivity index (χ3v) is 5.83. The number of alkyl halides is 3. The van der Waals surface area contributed by atoms with Crippen LogP contribution in [0.5, 0.6) is 5.75 Å². The molecule has 4 rings (SSSR count). The van der Waals surface area contributed by atoms with E-state index in [4.69, 9.17) is 17.0 Å². The van der Waals surface area contributed by atoms with E-state index in [0.29, 0.717) is 17.9 Å². The van der Waals surface area contributed by atoms with Gasteiger partial charge in [0.15, 0.2) is 11.2 Å². The molecule has 0 radical (unpaired) electrons. The van der Waals surface area contributed by atoms with Crippen molar-refractivity contribution in [3.63, 3.8) is 0 Å². The molecule has 184 valence electrons. The van der Waals surface area contributed by atoms with E-state index in [0.717, 1.165) is 16.4 Å². The van der Waals surface area contributed by atoms with Gasteiger partial charge in [-0.1, -0.05) is 42.5 Å². The van der Waals surface area contributed by atoms with Crippen molar-refractivity contribution in [2.75, 3.05) is 12.4 Å². The van der Waals surface area contributed by atoms with Gasteiger partial charge in [-0.2, -0.15) is 18.3 Å². The normalized spacial score (nSPS) is 17.0. The van der Waals surface area contributed by atoms with Crippen LogP contribution in [-0.4, -0.2) is 34.1 Å². The van der Waals surface area contributed by atoms with Gasteiger partial charge < -0.3 is 15.4 Å². The van der Waals surface area contributed by atoms with Crippen LogP contribution in [0.15, 0.2) is 60.8 Å². The number of hydrogen-bond donors (Lipinski definition) is 4. The number of amides is 1. The van der Waals surface area contributed by atoms with Gasteiger partial charge in [-0.15, -0.1) is 0 Å². The highest BCUT2D eigenvalue weighted by Gasteiger charge is 2.47. The van der Waals surface area contributed by atoms with Crippen molar-refractivity contribution >= 4 is 29.1 Å². The van der Waals surface area contributed by atoms with Crippen LogP contribution in [0, 0.1) is 0 Å². The molecule has 1 aliphatic rings. The fourth-order valence-corrected chi connectivity index (χ4v) is 3.91. The number of carbonyl (C=O) groups excluding carboxylic acids is 1. The van der Waals surface area contributed by atoms with Gasteiger partial charge in [-0.3, -0.25) is 15.6 Å². The molecule has 0 spiro atoms. The number of hydrogen-bond acceptors (Lipinski definition) is 5. The summed E-state index contributed by atoms with van der Waals surface area (Å²) in [6, 6.07) is 13.6. The predicted octanol–water partition coefficient (Wildman–Crippen LogP) is 3.86. The molecule has 0 fully saturated rings. The Labute approximate surface area is 204 Å². The van der Waals surface area contributed by atoms with Crippen molar-refractivity contribution < 1.29 is 22.7 Å². The Hall–Kier alpha value is -3.80. The highest BCUT2D eigenvalue weighted by molar-refractivity contribution is 7.80. The van der Waals surface area contributed by atoms with E-state index < -0.39 is 24.2 Å². The van der Waals surface area contributed by atoms with E-state index in [2.05, 4.69) is 26.6 Å². The van der Waals surface area contributed by atoms with E-state index in [9.17, 15) is 18.0 Å². The molecule has 2 aromatic carbocycles. The van der Waals surface area contributed by atoms with E-state index in [-0.39, 0.29) is 22.9 Å². The van der Waals surface area contributed by atoms with Crippen LogP contribution >= 0.6 is 12.2 Å². The molecule has 1 aliphatic heterocycles. The zero-order chi connectivity index (χ0) is 25.0. The number of hydrazine groups is 1. The zero-order valence-electron chi connectivity index (χ0n) is 18.6. The van der Waals surface area contributed by atoms with Gasteiger partial charge in [0.1, 0.15) is 17.1 Å². The first-order valence-corrected chi connectivity index (χ1v) is 11.1. The summed E-state index contributed by atoms with van der Waals surface area (Å²) in [7, 11) is 1.51. The first-order chi connectivity index (χ1) is 16.8. The van der Waals surface area contributed by atoms with Crippen LogP contribution in [0.3, 0.4) is 0 Å². The number of thiocarbonyl (C=S) groups is 1. The number of ether oxygens (including phenoxy) is 1. The van der Waals surface area contributed by atoms with Crippen molar-refractivity contribution in [2.45, 2.75) is 31.2 Å². The van der Waals surface area contributed by atoms with E-state index >= 15 is 0 Å². The first-order valence-electron chi connectivity index (χ1n) is 10.7. The number of halogens is 3. The van der Waals surface area contributed by atoms with Gasteiger partial charge in [-0.25, -0.2) is 4.68 Å². The molecule has 12 heteroatoms. The molecule has 3 aromatic rings. The summed E-state index contributed by atoms with van der Waals surface area (Å²) in [5.41, 5.74) is 6.54. The molecule has 0 bridgehead atoms. The van der Waals surface area contributed by atoms with Gasteiger partial charge in [0.05, 0.1) is 19.3 Å². The number of benzene rings is 2. The van der Waals surface area contributed by atoms with Crippen LogP contribution in [0.2, 0.25) is 0 Å². The smallest absolute Gasteiger partial charge is 0.410 e. The average molecular weight is 505 g/mol. The summed E-state index contributed by atoms with van der Waals surface area (Å²) in [5.74, 6) is -0.120. The van der Waals surface area contributed by atoms with E-state index in [1.54, 1.807) is 24.3 Å². The van der Waals surface area contributed by atoms with Crippen LogP contribution in [-0.2, 0) is 6.54 Å². The summed E-state index contributed by atoms with van der Waals surface area (Å²) < 4.78 is 47.5. The molecular formula is C23H23F3N6O2S. The molecule has 8 nitrogen and oxygen atoms in total. The Balaban J connectivity index is 1.47. The lowest BCUT2D eigenvalue weighted by Crippen LogP contribution is -2.46. The number of anilines is 1. The number of fused-ring (bicyclic) bond motifs is 1. The highest BCUT2D eigenvalue weighted by atomic mass is 32.1.